The van der Waals surface area contributed by atoms with Crippen molar-refractivity contribution in [2.75, 3.05) is 26.2 Å². The molecule has 0 N–H and O–H groups in total. The van der Waals surface area contributed by atoms with Gasteiger partial charge in [-0.3, -0.25) is 9.69 Å². The van der Waals surface area contributed by atoms with Gasteiger partial charge in [0.15, 0.2) is 0 Å². The highest BCUT2D eigenvalue weighted by atomic mass is 16.2. The van der Waals surface area contributed by atoms with Crippen molar-refractivity contribution in [3.8, 4) is 0 Å². The third-order valence-corrected chi connectivity index (χ3v) is 4.00. The summed E-state index contributed by atoms with van der Waals surface area (Å²) in [5, 5.41) is 0. The molecular formula is C16H24N2O. The highest BCUT2D eigenvalue weighted by Crippen LogP contribution is 2.11. The Bertz CT molecular complexity index is 434. The van der Waals surface area contributed by atoms with Gasteiger partial charge in [0.25, 0.3) is 0 Å². The number of benzene rings is 1. The fourth-order valence-corrected chi connectivity index (χ4v) is 2.57. The molecule has 0 bridgehead atoms. The minimum Gasteiger partial charge on any atom is -0.340 e. The molecule has 1 aliphatic rings. The van der Waals surface area contributed by atoms with Crippen LogP contribution in [0.25, 0.3) is 0 Å². The van der Waals surface area contributed by atoms with Crippen LogP contribution in [0.1, 0.15) is 25.0 Å². The highest BCUT2D eigenvalue weighted by Gasteiger charge is 2.22. The van der Waals surface area contributed by atoms with Gasteiger partial charge >= 0.3 is 0 Å². The minimum atomic E-state index is 0.262. The van der Waals surface area contributed by atoms with Gasteiger partial charge < -0.3 is 4.90 Å². The number of piperazine rings is 1. The molecule has 0 atom stereocenters. The number of hydrogen-bond donors (Lipinski definition) is 0. The topological polar surface area (TPSA) is 23.6 Å². The molecule has 3 heteroatoms. The van der Waals surface area contributed by atoms with Crippen LogP contribution in [-0.2, 0) is 11.2 Å². The van der Waals surface area contributed by atoms with Gasteiger partial charge in [-0.25, -0.2) is 0 Å². The summed E-state index contributed by atoms with van der Waals surface area (Å²) in [5.41, 5.74) is 2.36. The van der Waals surface area contributed by atoms with E-state index in [0.29, 0.717) is 12.5 Å². The van der Waals surface area contributed by atoms with Gasteiger partial charge in [-0.05, 0) is 31.9 Å². The average molecular weight is 260 g/mol. The molecule has 104 valence electrons. The molecule has 0 unspecified atom stereocenters. The standard InChI is InChI=1S/C16H24N2O/c1-13(2)17-8-10-18(11-9-17)16(19)12-15-7-5-4-6-14(15)3/h4-7,13H,8-12H2,1-3H3. The van der Waals surface area contributed by atoms with Crippen LogP contribution in [0.4, 0.5) is 0 Å². The molecule has 1 aliphatic heterocycles. The number of rotatable bonds is 3. The monoisotopic (exact) mass is 260 g/mol. The number of carbonyl (C=O) groups is 1. The Labute approximate surface area is 116 Å². The molecule has 1 aromatic rings. The second-order valence-electron chi connectivity index (χ2n) is 5.61. The lowest BCUT2D eigenvalue weighted by molar-refractivity contribution is -0.132. The van der Waals surface area contributed by atoms with Gasteiger partial charge in [-0.15, -0.1) is 0 Å². The first-order valence-corrected chi connectivity index (χ1v) is 7.14. The van der Waals surface area contributed by atoms with Crippen LogP contribution in [0.3, 0.4) is 0 Å². The Morgan fingerprint density at radius 2 is 1.79 bits per heavy atom. The average Bonchev–Trinajstić information content (AvgIpc) is 2.41. The van der Waals surface area contributed by atoms with E-state index in [1.165, 1.54) is 5.56 Å². The summed E-state index contributed by atoms with van der Waals surface area (Å²) in [5.74, 6) is 0.262. The lowest BCUT2D eigenvalue weighted by Gasteiger charge is -2.37. The van der Waals surface area contributed by atoms with Gasteiger partial charge in [-0.1, -0.05) is 24.3 Å². The van der Waals surface area contributed by atoms with Crippen molar-refractivity contribution in [1.29, 1.82) is 0 Å². The quantitative estimate of drug-likeness (QED) is 0.831. The van der Waals surface area contributed by atoms with E-state index in [0.717, 1.165) is 31.7 Å². The lowest BCUT2D eigenvalue weighted by atomic mass is 10.1. The van der Waals surface area contributed by atoms with Gasteiger partial charge in [0.05, 0.1) is 6.42 Å². The molecule has 0 aliphatic carbocycles. The van der Waals surface area contributed by atoms with Gasteiger partial charge in [0, 0.05) is 32.2 Å². The zero-order valence-corrected chi connectivity index (χ0v) is 12.2. The molecule has 1 aromatic carbocycles. The van der Waals surface area contributed by atoms with E-state index in [9.17, 15) is 4.79 Å². The van der Waals surface area contributed by atoms with Crippen LogP contribution in [0.15, 0.2) is 24.3 Å². The Kier molecular flexibility index (Phi) is 4.59. The van der Waals surface area contributed by atoms with Crippen LogP contribution in [0, 0.1) is 6.92 Å². The first kappa shape index (κ1) is 14.1. The Morgan fingerprint density at radius 1 is 1.16 bits per heavy atom. The minimum absolute atomic E-state index is 0.262. The number of nitrogens with zero attached hydrogens (tertiary/aromatic N) is 2. The zero-order chi connectivity index (χ0) is 13.8. The van der Waals surface area contributed by atoms with Gasteiger partial charge in [0.2, 0.25) is 5.91 Å². The van der Waals surface area contributed by atoms with Crippen LogP contribution in [-0.4, -0.2) is 47.9 Å². The van der Waals surface area contributed by atoms with Crippen molar-refractivity contribution in [2.45, 2.75) is 33.2 Å². The van der Waals surface area contributed by atoms with E-state index in [2.05, 4.69) is 37.8 Å². The van der Waals surface area contributed by atoms with Gasteiger partial charge in [-0.2, -0.15) is 0 Å². The molecule has 0 aromatic heterocycles. The molecule has 1 saturated heterocycles. The summed E-state index contributed by atoms with van der Waals surface area (Å²) in [4.78, 5) is 16.7. The van der Waals surface area contributed by atoms with Crippen molar-refractivity contribution in [2.24, 2.45) is 0 Å². The largest absolute Gasteiger partial charge is 0.340 e. The summed E-state index contributed by atoms with van der Waals surface area (Å²) in [6.07, 6.45) is 0.536. The van der Waals surface area contributed by atoms with E-state index in [1.807, 2.05) is 17.0 Å². The van der Waals surface area contributed by atoms with Crippen molar-refractivity contribution < 1.29 is 4.79 Å². The first-order chi connectivity index (χ1) is 9.08. The number of carbonyl (C=O) groups excluding carboxylic acids is 1. The molecule has 1 fully saturated rings. The highest BCUT2D eigenvalue weighted by molar-refractivity contribution is 5.79. The molecule has 0 spiro atoms. The van der Waals surface area contributed by atoms with E-state index in [-0.39, 0.29) is 5.91 Å². The molecule has 3 nitrogen and oxygen atoms in total. The maximum atomic E-state index is 12.3. The molecule has 0 radical (unpaired) electrons. The van der Waals surface area contributed by atoms with E-state index in [1.54, 1.807) is 0 Å². The number of aryl methyl sites for hydroxylation is 1. The predicted molar refractivity (Wildman–Crippen MR) is 78.2 cm³/mol. The third kappa shape index (κ3) is 3.57. The summed E-state index contributed by atoms with van der Waals surface area (Å²) >= 11 is 0. The second-order valence-corrected chi connectivity index (χ2v) is 5.61. The predicted octanol–water partition coefficient (Wildman–Crippen LogP) is 2.09. The SMILES string of the molecule is Cc1ccccc1CC(=O)N1CCN(C(C)C)CC1. The maximum absolute atomic E-state index is 12.3. The van der Waals surface area contributed by atoms with Crippen molar-refractivity contribution in [3.63, 3.8) is 0 Å². The third-order valence-electron chi connectivity index (χ3n) is 4.00. The van der Waals surface area contributed by atoms with Crippen LogP contribution in [0.5, 0.6) is 0 Å². The summed E-state index contributed by atoms with van der Waals surface area (Å²) in [6.45, 7) is 10.2. The Balaban J connectivity index is 1.90. The normalized spacial score (nSPS) is 16.9. The Hall–Kier alpha value is -1.35. The van der Waals surface area contributed by atoms with Crippen molar-refractivity contribution in [3.05, 3.63) is 35.4 Å². The maximum Gasteiger partial charge on any atom is 0.227 e. The van der Waals surface area contributed by atoms with Crippen LogP contribution >= 0.6 is 0 Å². The zero-order valence-electron chi connectivity index (χ0n) is 12.2. The van der Waals surface area contributed by atoms with Gasteiger partial charge in [0.1, 0.15) is 0 Å². The smallest absolute Gasteiger partial charge is 0.227 e. The molecule has 19 heavy (non-hydrogen) atoms. The van der Waals surface area contributed by atoms with Crippen LogP contribution < -0.4 is 0 Å². The molecule has 1 heterocycles. The summed E-state index contributed by atoms with van der Waals surface area (Å²) < 4.78 is 0. The summed E-state index contributed by atoms with van der Waals surface area (Å²) in [6, 6.07) is 8.72. The van der Waals surface area contributed by atoms with Crippen LogP contribution in [0.2, 0.25) is 0 Å². The first-order valence-electron chi connectivity index (χ1n) is 7.14. The lowest BCUT2D eigenvalue weighted by Crippen LogP contribution is -2.51. The van der Waals surface area contributed by atoms with E-state index >= 15 is 0 Å². The second kappa shape index (κ2) is 6.20. The Morgan fingerprint density at radius 3 is 2.37 bits per heavy atom. The number of hydrogen-bond acceptors (Lipinski definition) is 2. The van der Waals surface area contributed by atoms with Crippen molar-refractivity contribution >= 4 is 5.91 Å². The fourth-order valence-electron chi connectivity index (χ4n) is 2.57. The van der Waals surface area contributed by atoms with E-state index < -0.39 is 0 Å². The fraction of sp³-hybridized carbons (Fsp3) is 0.562. The molecular weight excluding hydrogens is 236 g/mol. The van der Waals surface area contributed by atoms with E-state index in [4.69, 9.17) is 0 Å². The molecule has 2 rings (SSSR count). The summed E-state index contributed by atoms with van der Waals surface area (Å²) in [7, 11) is 0. The molecule has 1 amide bonds. The van der Waals surface area contributed by atoms with Crippen molar-refractivity contribution in [1.82, 2.24) is 9.80 Å². The number of amides is 1. The molecule has 0 saturated carbocycles.